The van der Waals surface area contributed by atoms with Gasteiger partial charge >= 0.3 is 0 Å². The number of hydrogen-bond acceptors (Lipinski definition) is 3. The van der Waals surface area contributed by atoms with Gasteiger partial charge in [-0.1, -0.05) is 18.2 Å². The van der Waals surface area contributed by atoms with Crippen LogP contribution in [-0.4, -0.2) is 17.4 Å². The number of rotatable bonds is 1. The predicted molar refractivity (Wildman–Crippen MR) is 74.0 cm³/mol. The van der Waals surface area contributed by atoms with E-state index in [0.29, 0.717) is 0 Å². The molecule has 0 aliphatic carbocycles. The van der Waals surface area contributed by atoms with Gasteiger partial charge in [0.25, 0.3) is 0 Å². The van der Waals surface area contributed by atoms with E-state index in [0.717, 1.165) is 21.8 Å². The first kappa shape index (κ1) is 11.2. The number of pyridine rings is 1. The molecule has 4 nitrogen and oxygen atoms in total. The van der Waals surface area contributed by atoms with Crippen molar-refractivity contribution in [3.05, 3.63) is 47.1 Å². The van der Waals surface area contributed by atoms with E-state index in [9.17, 15) is 4.79 Å². The van der Waals surface area contributed by atoms with E-state index >= 15 is 0 Å². The van der Waals surface area contributed by atoms with Gasteiger partial charge in [-0.2, -0.15) is 0 Å². The van der Waals surface area contributed by atoms with Crippen LogP contribution in [0.4, 0.5) is 17.2 Å². The molecule has 0 spiro atoms. The third-order valence-corrected chi connectivity index (χ3v) is 3.19. The van der Waals surface area contributed by atoms with Gasteiger partial charge in [0.05, 0.1) is 11.4 Å². The van der Waals surface area contributed by atoms with Crippen LogP contribution < -0.4 is 10.2 Å². The zero-order chi connectivity index (χ0) is 12.5. The van der Waals surface area contributed by atoms with E-state index in [-0.39, 0.29) is 12.5 Å². The second-order valence-corrected chi connectivity index (χ2v) is 4.78. The number of carbonyl (C=O) groups excluding carboxylic acids is 1. The second-order valence-electron chi connectivity index (χ2n) is 3.97. The molecule has 1 aliphatic heterocycles. The fourth-order valence-corrected chi connectivity index (χ4v) is 2.32. The molecule has 2 aromatic rings. The number of fused-ring (bicyclic) bond motifs is 1. The van der Waals surface area contributed by atoms with Gasteiger partial charge in [-0.3, -0.25) is 4.79 Å². The Bertz CT molecular complexity index is 615. The van der Waals surface area contributed by atoms with Crippen molar-refractivity contribution in [3.8, 4) is 0 Å². The number of halogens is 1. The van der Waals surface area contributed by atoms with Crippen molar-refractivity contribution in [3.63, 3.8) is 0 Å². The van der Waals surface area contributed by atoms with E-state index in [1.54, 1.807) is 0 Å². The molecule has 1 aliphatic rings. The maximum atomic E-state index is 11.7. The molecule has 18 heavy (non-hydrogen) atoms. The highest BCUT2D eigenvalue weighted by Crippen LogP contribution is 2.33. The Hall–Kier alpha value is -1.88. The molecule has 0 saturated carbocycles. The molecule has 3 rings (SSSR count). The van der Waals surface area contributed by atoms with Crippen molar-refractivity contribution in [2.45, 2.75) is 0 Å². The largest absolute Gasteiger partial charge is 0.323 e. The number of carbonyl (C=O) groups is 1. The Morgan fingerprint density at radius 3 is 2.83 bits per heavy atom. The number of nitrogens with one attached hydrogen (secondary N) is 1. The molecule has 1 aromatic carbocycles. The highest BCUT2D eigenvalue weighted by molar-refractivity contribution is 9.10. The molecule has 0 atom stereocenters. The van der Waals surface area contributed by atoms with E-state index in [2.05, 4.69) is 26.2 Å². The molecule has 1 aromatic heterocycles. The van der Waals surface area contributed by atoms with E-state index < -0.39 is 0 Å². The van der Waals surface area contributed by atoms with Gasteiger partial charge in [-0.05, 0) is 40.2 Å². The van der Waals surface area contributed by atoms with Crippen LogP contribution in [0.15, 0.2) is 47.1 Å². The summed E-state index contributed by atoms with van der Waals surface area (Å²) >= 11 is 3.35. The van der Waals surface area contributed by atoms with Crippen LogP contribution in [0, 0.1) is 0 Å². The fraction of sp³-hybridized carbons (Fsp3) is 0.0769. The van der Waals surface area contributed by atoms with Crippen LogP contribution in [0.3, 0.4) is 0 Å². The minimum Gasteiger partial charge on any atom is -0.323 e. The van der Waals surface area contributed by atoms with E-state index in [1.807, 2.05) is 47.4 Å². The molecule has 90 valence electrons. The van der Waals surface area contributed by atoms with Gasteiger partial charge < -0.3 is 10.2 Å². The SMILES string of the molecule is O=C1CN(c2cccc(Br)n2)c2ccccc2N1. The van der Waals surface area contributed by atoms with Crippen molar-refractivity contribution in [2.24, 2.45) is 0 Å². The average Bonchev–Trinajstić information content (AvgIpc) is 2.37. The predicted octanol–water partition coefficient (Wildman–Crippen LogP) is 2.93. The molecule has 0 unspecified atom stereocenters. The average molecular weight is 304 g/mol. The van der Waals surface area contributed by atoms with Crippen LogP contribution >= 0.6 is 15.9 Å². The molecule has 0 saturated heterocycles. The topological polar surface area (TPSA) is 45.2 Å². The third-order valence-electron chi connectivity index (χ3n) is 2.75. The van der Waals surface area contributed by atoms with Crippen LogP contribution in [0.2, 0.25) is 0 Å². The van der Waals surface area contributed by atoms with Gasteiger partial charge in [-0.15, -0.1) is 0 Å². The van der Waals surface area contributed by atoms with E-state index in [1.165, 1.54) is 0 Å². The lowest BCUT2D eigenvalue weighted by Crippen LogP contribution is -2.35. The first-order valence-corrected chi connectivity index (χ1v) is 6.32. The molecule has 0 radical (unpaired) electrons. The fourth-order valence-electron chi connectivity index (χ4n) is 1.99. The zero-order valence-corrected chi connectivity index (χ0v) is 11.0. The highest BCUT2D eigenvalue weighted by Gasteiger charge is 2.23. The minimum atomic E-state index is -0.0320. The van der Waals surface area contributed by atoms with Gasteiger partial charge in [0.15, 0.2) is 0 Å². The zero-order valence-electron chi connectivity index (χ0n) is 9.43. The Morgan fingerprint density at radius 1 is 1.17 bits per heavy atom. The lowest BCUT2D eigenvalue weighted by molar-refractivity contribution is -0.115. The lowest BCUT2D eigenvalue weighted by Gasteiger charge is -2.29. The minimum absolute atomic E-state index is 0.0320. The molecule has 2 heterocycles. The Kier molecular flexibility index (Phi) is 2.76. The third kappa shape index (κ3) is 1.97. The quantitative estimate of drug-likeness (QED) is 0.824. The molecule has 5 heteroatoms. The van der Waals surface area contributed by atoms with Crippen LogP contribution in [0.1, 0.15) is 0 Å². The van der Waals surface area contributed by atoms with Gasteiger partial charge in [0.1, 0.15) is 17.0 Å². The standard InChI is InChI=1S/C13H10BrN3O/c14-11-6-3-7-12(16-11)17-8-13(18)15-9-4-1-2-5-10(9)17/h1-7H,8H2,(H,15,18). The lowest BCUT2D eigenvalue weighted by atomic mass is 10.2. The molecule has 0 fully saturated rings. The number of aromatic nitrogens is 1. The highest BCUT2D eigenvalue weighted by atomic mass is 79.9. The monoisotopic (exact) mass is 303 g/mol. The Labute approximate surface area is 113 Å². The van der Waals surface area contributed by atoms with Gasteiger partial charge in [-0.25, -0.2) is 4.98 Å². The molecule has 1 N–H and O–H groups in total. The summed E-state index contributed by atoms with van der Waals surface area (Å²) in [5.41, 5.74) is 1.78. The number of benzene rings is 1. The molecular formula is C13H10BrN3O. The molecule has 0 bridgehead atoms. The first-order valence-electron chi connectivity index (χ1n) is 5.53. The maximum Gasteiger partial charge on any atom is 0.244 e. The Balaban J connectivity index is 2.10. The number of amides is 1. The summed E-state index contributed by atoms with van der Waals surface area (Å²) in [5.74, 6) is 0.724. The summed E-state index contributed by atoms with van der Waals surface area (Å²) in [6.45, 7) is 0.278. The van der Waals surface area contributed by atoms with Gasteiger partial charge in [0.2, 0.25) is 5.91 Å². The summed E-state index contributed by atoms with van der Waals surface area (Å²) in [4.78, 5) is 18.0. The number of nitrogens with zero attached hydrogens (tertiary/aromatic N) is 2. The van der Waals surface area contributed by atoms with Crippen molar-refractivity contribution < 1.29 is 4.79 Å². The van der Waals surface area contributed by atoms with Crippen LogP contribution in [-0.2, 0) is 4.79 Å². The van der Waals surface area contributed by atoms with Crippen molar-refractivity contribution in [1.82, 2.24) is 4.98 Å². The van der Waals surface area contributed by atoms with Crippen LogP contribution in [0.5, 0.6) is 0 Å². The number of hydrogen-bond donors (Lipinski definition) is 1. The van der Waals surface area contributed by atoms with Crippen molar-refractivity contribution in [2.75, 3.05) is 16.8 Å². The molecule has 1 amide bonds. The van der Waals surface area contributed by atoms with E-state index in [4.69, 9.17) is 0 Å². The summed E-state index contributed by atoms with van der Waals surface area (Å²) in [6, 6.07) is 13.4. The normalized spacial score (nSPS) is 14.1. The summed E-state index contributed by atoms with van der Waals surface area (Å²) < 4.78 is 0.753. The summed E-state index contributed by atoms with van der Waals surface area (Å²) in [7, 11) is 0. The van der Waals surface area contributed by atoms with Crippen molar-refractivity contribution >= 4 is 39.0 Å². The van der Waals surface area contributed by atoms with Crippen molar-refractivity contribution in [1.29, 1.82) is 0 Å². The maximum absolute atomic E-state index is 11.7. The first-order chi connectivity index (χ1) is 8.74. The summed E-state index contributed by atoms with van der Waals surface area (Å²) in [6.07, 6.45) is 0. The number of anilines is 3. The Morgan fingerprint density at radius 2 is 2.00 bits per heavy atom. The number of para-hydroxylation sites is 2. The smallest absolute Gasteiger partial charge is 0.244 e. The van der Waals surface area contributed by atoms with Crippen LogP contribution in [0.25, 0.3) is 0 Å². The van der Waals surface area contributed by atoms with Gasteiger partial charge in [0, 0.05) is 0 Å². The second kappa shape index (κ2) is 4.42. The molecular weight excluding hydrogens is 294 g/mol. The summed E-state index contributed by atoms with van der Waals surface area (Å²) in [5, 5.41) is 2.85.